The number of para-hydroxylation sites is 1. The Labute approximate surface area is 286 Å². The van der Waals surface area contributed by atoms with E-state index in [4.69, 9.17) is 21.1 Å². The van der Waals surface area contributed by atoms with Gasteiger partial charge in [-0.3, -0.25) is 19.2 Å². The summed E-state index contributed by atoms with van der Waals surface area (Å²) in [6.45, 7) is 10.7. The molecular formula is C37H44ClN3O7. The van der Waals surface area contributed by atoms with Crippen LogP contribution in [0.5, 0.6) is 0 Å². The summed E-state index contributed by atoms with van der Waals surface area (Å²) in [7, 11) is 1.67. The van der Waals surface area contributed by atoms with Crippen LogP contribution in [0.3, 0.4) is 0 Å². The molecule has 0 aliphatic carbocycles. The molecule has 3 aliphatic heterocycles. The first-order valence-electron chi connectivity index (χ1n) is 16.4. The van der Waals surface area contributed by atoms with Gasteiger partial charge in [0.25, 0.3) is 5.91 Å². The van der Waals surface area contributed by atoms with E-state index < -0.39 is 72.2 Å². The second kappa shape index (κ2) is 14.6. The molecule has 0 unspecified atom stereocenters. The minimum absolute atomic E-state index is 0.111. The van der Waals surface area contributed by atoms with Gasteiger partial charge in [-0.1, -0.05) is 66.2 Å². The fourth-order valence-corrected chi connectivity index (χ4v) is 7.82. The van der Waals surface area contributed by atoms with Crippen molar-refractivity contribution in [2.75, 3.05) is 25.1 Å². The molecule has 0 aromatic heterocycles. The first-order chi connectivity index (χ1) is 23.0. The van der Waals surface area contributed by atoms with Gasteiger partial charge in [-0.25, -0.2) is 0 Å². The van der Waals surface area contributed by atoms with Crippen molar-refractivity contribution in [1.29, 1.82) is 0 Å². The van der Waals surface area contributed by atoms with Crippen LogP contribution in [0.25, 0.3) is 0 Å². The highest BCUT2D eigenvalue weighted by molar-refractivity contribution is 6.34. The third kappa shape index (κ3) is 6.17. The van der Waals surface area contributed by atoms with Gasteiger partial charge >= 0.3 is 5.97 Å². The standard InChI is InChI=1S/C37H44ClN3O7/c1-6-8-18-29(43)39(5)24(4)32(25-14-10-9-11-15-25)47-36(46)30-28-19-20-37(48-28)31(30)34(44)41(23(3)22-42)33(37)35(45)40(21-7-2)27-17-13-12-16-26(27)38/h6-7,9-17,23-24,28,30-33,42H,1-2,8,18-22H2,3-5H3/t23-,24-,28-,30+,31+,32+,33-,37+/m1/s1. The monoisotopic (exact) mass is 677 g/mol. The van der Waals surface area contributed by atoms with Gasteiger partial charge in [0, 0.05) is 20.0 Å². The highest BCUT2D eigenvalue weighted by atomic mass is 35.5. The Morgan fingerprint density at radius 2 is 1.81 bits per heavy atom. The van der Waals surface area contributed by atoms with E-state index in [2.05, 4.69) is 13.2 Å². The minimum atomic E-state index is -1.32. The predicted molar refractivity (Wildman–Crippen MR) is 182 cm³/mol. The maximum atomic E-state index is 14.6. The van der Waals surface area contributed by atoms with Gasteiger partial charge in [0.2, 0.25) is 11.8 Å². The van der Waals surface area contributed by atoms with E-state index in [0.29, 0.717) is 35.5 Å². The second-order valence-corrected chi connectivity index (χ2v) is 13.3. The summed E-state index contributed by atoms with van der Waals surface area (Å²) in [5.41, 5.74) is -0.178. The molecule has 11 heteroatoms. The first-order valence-corrected chi connectivity index (χ1v) is 16.8. The number of amides is 3. The van der Waals surface area contributed by atoms with Crippen LogP contribution in [-0.4, -0.2) is 88.6 Å². The van der Waals surface area contributed by atoms with Gasteiger partial charge in [-0.05, 0) is 50.8 Å². The summed E-state index contributed by atoms with van der Waals surface area (Å²) in [6.07, 6.45) is 3.35. The summed E-state index contributed by atoms with van der Waals surface area (Å²) in [4.78, 5) is 60.8. The Kier molecular flexibility index (Phi) is 10.8. The van der Waals surface area contributed by atoms with Crippen molar-refractivity contribution < 1.29 is 33.8 Å². The number of halogens is 1. The number of aliphatic hydroxyl groups excluding tert-OH is 1. The zero-order chi connectivity index (χ0) is 34.7. The minimum Gasteiger partial charge on any atom is -0.455 e. The Hall–Kier alpha value is -3.99. The molecule has 3 amide bonds. The number of carbonyl (C=O) groups is 4. The summed E-state index contributed by atoms with van der Waals surface area (Å²) in [5, 5.41) is 10.6. The number of fused-ring (bicyclic) bond motifs is 1. The van der Waals surface area contributed by atoms with Crippen molar-refractivity contribution in [3.05, 3.63) is 90.5 Å². The van der Waals surface area contributed by atoms with Crippen LogP contribution in [0, 0.1) is 11.8 Å². The van der Waals surface area contributed by atoms with Gasteiger partial charge in [0.1, 0.15) is 17.7 Å². The topological polar surface area (TPSA) is 117 Å². The van der Waals surface area contributed by atoms with Crippen molar-refractivity contribution in [2.24, 2.45) is 11.8 Å². The molecule has 1 spiro atoms. The number of rotatable bonds is 14. The summed E-state index contributed by atoms with van der Waals surface area (Å²) < 4.78 is 12.9. The summed E-state index contributed by atoms with van der Waals surface area (Å²) in [6, 6.07) is 13.7. The third-order valence-corrected chi connectivity index (χ3v) is 10.4. The van der Waals surface area contributed by atoms with E-state index >= 15 is 0 Å². The molecule has 3 heterocycles. The number of aliphatic hydroxyl groups is 1. The van der Waals surface area contributed by atoms with E-state index in [0.717, 1.165) is 0 Å². The van der Waals surface area contributed by atoms with Crippen molar-refractivity contribution in [3.63, 3.8) is 0 Å². The number of benzene rings is 2. The van der Waals surface area contributed by atoms with Crippen LogP contribution in [0.4, 0.5) is 5.69 Å². The Morgan fingerprint density at radius 1 is 1.12 bits per heavy atom. The fraction of sp³-hybridized carbons (Fsp3) is 0.459. The highest BCUT2D eigenvalue weighted by Gasteiger charge is 2.75. The second-order valence-electron chi connectivity index (χ2n) is 12.9. The van der Waals surface area contributed by atoms with Gasteiger partial charge < -0.3 is 29.3 Å². The van der Waals surface area contributed by atoms with E-state index in [9.17, 15) is 24.3 Å². The maximum absolute atomic E-state index is 14.6. The molecule has 5 rings (SSSR count). The van der Waals surface area contributed by atoms with Crippen molar-refractivity contribution in [3.8, 4) is 0 Å². The molecule has 1 N–H and O–H groups in total. The highest BCUT2D eigenvalue weighted by Crippen LogP contribution is 2.59. The third-order valence-electron chi connectivity index (χ3n) is 10.1. The number of hydrogen-bond donors (Lipinski definition) is 1. The number of ether oxygens (including phenoxy) is 2. The lowest BCUT2D eigenvalue weighted by atomic mass is 9.70. The lowest BCUT2D eigenvalue weighted by molar-refractivity contribution is -0.165. The number of esters is 1. The maximum Gasteiger partial charge on any atom is 0.313 e. The van der Waals surface area contributed by atoms with E-state index in [1.807, 2.05) is 37.3 Å². The Balaban J connectivity index is 1.50. The van der Waals surface area contributed by atoms with Crippen LogP contribution < -0.4 is 4.90 Å². The number of hydrogen-bond acceptors (Lipinski definition) is 7. The van der Waals surface area contributed by atoms with Crippen LogP contribution in [0.2, 0.25) is 5.02 Å². The van der Waals surface area contributed by atoms with Gasteiger partial charge in [0.15, 0.2) is 0 Å². The van der Waals surface area contributed by atoms with Crippen molar-refractivity contribution in [2.45, 2.75) is 75.5 Å². The molecule has 10 nitrogen and oxygen atoms in total. The van der Waals surface area contributed by atoms with Crippen LogP contribution in [0.1, 0.15) is 51.2 Å². The van der Waals surface area contributed by atoms with Gasteiger partial charge in [-0.2, -0.15) is 0 Å². The molecule has 256 valence electrons. The molecule has 0 radical (unpaired) electrons. The molecule has 3 saturated heterocycles. The zero-order valence-electron chi connectivity index (χ0n) is 27.7. The molecule has 2 bridgehead atoms. The smallest absolute Gasteiger partial charge is 0.313 e. The molecule has 8 atom stereocenters. The predicted octanol–water partition coefficient (Wildman–Crippen LogP) is 4.71. The molecule has 0 saturated carbocycles. The summed E-state index contributed by atoms with van der Waals surface area (Å²) in [5.74, 6) is -3.65. The summed E-state index contributed by atoms with van der Waals surface area (Å²) >= 11 is 6.53. The van der Waals surface area contributed by atoms with Crippen molar-refractivity contribution >= 4 is 41.0 Å². The van der Waals surface area contributed by atoms with E-state index in [1.54, 1.807) is 55.3 Å². The lowest BCUT2D eigenvalue weighted by Crippen LogP contribution is -2.58. The van der Waals surface area contributed by atoms with E-state index in [-0.39, 0.29) is 18.9 Å². The number of likely N-dealkylation sites (N-methyl/N-ethyl adjacent to an activating group) is 1. The van der Waals surface area contributed by atoms with Crippen LogP contribution in [0.15, 0.2) is 79.9 Å². The quantitative estimate of drug-likeness (QED) is 0.227. The number of likely N-dealkylation sites (tertiary alicyclic amines) is 1. The Bertz CT molecular complexity index is 1550. The molecule has 3 fully saturated rings. The fourth-order valence-electron chi connectivity index (χ4n) is 7.58. The van der Waals surface area contributed by atoms with Gasteiger partial charge in [0.05, 0.1) is 47.3 Å². The average Bonchev–Trinajstić information content (AvgIpc) is 3.75. The SMILES string of the molecule is C=CCCC(=O)N(C)[C@H](C)[C@H](OC(=O)[C@@H]1[C@H]2C(=O)N([C@H](C)CO)[C@H](C(=O)N(CC=C)c3ccccc3Cl)[C@]23CC[C@H]1O3)c1ccccc1. The van der Waals surface area contributed by atoms with Crippen LogP contribution >= 0.6 is 11.6 Å². The molecule has 2 aromatic rings. The van der Waals surface area contributed by atoms with Crippen LogP contribution in [-0.2, 0) is 28.7 Å². The molecular weight excluding hydrogens is 634 g/mol. The number of anilines is 1. The molecule has 3 aliphatic rings. The molecule has 2 aromatic carbocycles. The van der Waals surface area contributed by atoms with Gasteiger partial charge in [-0.15, -0.1) is 13.2 Å². The average molecular weight is 678 g/mol. The largest absolute Gasteiger partial charge is 0.455 e. The normalized spacial score (nSPS) is 25.9. The van der Waals surface area contributed by atoms with Crippen molar-refractivity contribution in [1.82, 2.24) is 9.80 Å². The first kappa shape index (κ1) is 35.3. The lowest BCUT2D eigenvalue weighted by Gasteiger charge is -2.38. The number of allylic oxidation sites excluding steroid dienone is 1. The van der Waals surface area contributed by atoms with E-state index in [1.165, 1.54) is 9.80 Å². The number of carbonyl (C=O) groups excluding carboxylic acids is 4. The molecule has 48 heavy (non-hydrogen) atoms. The zero-order valence-corrected chi connectivity index (χ0v) is 28.4. The Morgan fingerprint density at radius 3 is 2.46 bits per heavy atom. The number of nitrogens with zero attached hydrogens (tertiary/aromatic N) is 3.